The summed E-state index contributed by atoms with van der Waals surface area (Å²) >= 11 is 0. The number of aromatic amines is 1. The lowest BCUT2D eigenvalue weighted by Gasteiger charge is -2.36. The minimum absolute atomic E-state index is 0.450. The van der Waals surface area contributed by atoms with Gasteiger partial charge in [-0.15, -0.1) is 0 Å². The summed E-state index contributed by atoms with van der Waals surface area (Å²) in [5.41, 5.74) is 7.72. The van der Waals surface area contributed by atoms with Crippen molar-refractivity contribution in [2.75, 3.05) is 18.0 Å². The van der Waals surface area contributed by atoms with E-state index in [1.54, 1.807) is 6.33 Å². The minimum atomic E-state index is 0.450. The third-order valence-corrected chi connectivity index (χ3v) is 6.70. The number of anilines is 1. The molecule has 0 unspecified atom stereocenters. The fourth-order valence-corrected chi connectivity index (χ4v) is 5.09. The summed E-state index contributed by atoms with van der Waals surface area (Å²) in [4.78, 5) is 24.4. The Bertz CT molecular complexity index is 1510. The first-order chi connectivity index (χ1) is 17.5. The summed E-state index contributed by atoms with van der Waals surface area (Å²) in [5, 5.41) is 4.64. The molecule has 7 heteroatoms. The van der Waals surface area contributed by atoms with E-state index in [2.05, 4.69) is 69.3 Å². The van der Waals surface area contributed by atoms with Crippen LogP contribution in [0.15, 0.2) is 73.3 Å². The highest BCUT2D eigenvalue weighted by Crippen LogP contribution is 2.31. The number of pyridine rings is 3. The number of aromatic nitrogens is 5. The van der Waals surface area contributed by atoms with E-state index in [0.29, 0.717) is 12.1 Å². The lowest BCUT2D eigenvalue weighted by atomic mass is 10.0. The van der Waals surface area contributed by atoms with Crippen molar-refractivity contribution < 1.29 is 0 Å². The Hall–Kier alpha value is -4.10. The predicted octanol–water partition coefficient (Wildman–Crippen LogP) is 5.24. The number of nitrogens with one attached hydrogen (secondary N) is 2. The van der Waals surface area contributed by atoms with Gasteiger partial charge in [0.1, 0.15) is 5.82 Å². The molecule has 0 radical (unpaired) electrons. The molecule has 6 rings (SSSR count). The Morgan fingerprint density at radius 1 is 0.833 bits per heavy atom. The van der Waals surface area contributed by atoms with Crippen LogP contribution in [-0.2, 0) is 0 Å². The topological polar surface area (TPSA) is 82.6 Å². The quantitative estimate of drug-likeness (QED) is 0.370. The van der Waals surface area contributed by atoms with E-state index in [1.165, 1.54) is 0 Å². The molecule has 2 N–H and O–H groups in total. The van der Waals surface area contributed by atoms with Crippen LogP contribution < -0.4 is 10.2 Å². The molecule has 0 amide bonds. The molecule has 1 aliphatic heterocycles. The Morgan fingerprint density at radius 2 is 1.61 bits per heavy atom. The molecule has 1 aromatic carbocycles. The van der Waals surface area contributed by atoms with Crippen LogP contribution in [0, 0.1) is 6.92 Å². The van der Waals surface area contributed by atoms with E-state index in [9.17, 15) is 0 Å². The zero-order valence-electron chi connectivity index (χ0n) is 20.7. The van der Waals surface area contributed by atoms with Crippen LogP contribution in [0.2, 0.25) is 0 Å². The molecule has 2 atom stereocenters. The van der Waals surface area contributed by atoms with E-state index in [1.807, 2.05) is 43.6 Å². The smallest absolute Gasteiger partial charge is 0.128 e. The van der Waals surface area contributed by atoms with Crippen LogP contribution in [0.25, 0.3) is 44.7 Å². The van der Waals surface area contributed by atoms with E-state index < -0.39 is 0 Å². The standard InChI is InChI=1S/C29H29N7/c1-18-5-4-6-26(35-18)29-28(32-17-33-29)21-7-9-25-23(11-21)12-24(14-30-25)22-8-10-27(31-13-22)36-15-19(2)34-20(3)16-36/h4-14,17,19-20,34H,15-16H2,1-3H3,(H,32,33)/t19-,20+. The van der Waals surface area contributed by atoms with Crippen molar-refractivity contribution in [3.05, 3.63) is 79.0 Å². The fourth-order valence-electron chi connectivity index (χ4n) is 5.09. The monoisotopic (exact) mass is 475 g/mol. The largest absolute Gasteiger partial charge is 0.354 e. The van der Waals surface area contributed by atoms with Crippen molar-refractivity contribution >= 4 is 16.7 Å². The van der Waals surface area contributed by atoms with Crippen LogP contribution in [0.4, 0.5) is 5.82 Å². The highest BCUT2D eigenvalue weighted by Gasteiger charge is 2.21. The first-order valence-electron chi connectivity index (χ1n) is 12.4. The number of imidazole rings is 1. The Morgan fingerprint density at radius 3 is 2.39 bits per heavy atom. The molecule has 1 saturated heterocycles. The number of nitrogens with zero attached hydrogens (tertiary/aromatic N) is 5. The summed E-state index contributed by atoms with van der Waals surface area (Å²) in [6.07, 6.45) is 5.60. The normalized spacial score (nSPS) is 18.0. The summed E-state index contributed by atoms with van der Waals surface area (Å²) in [6, 6.07) is 19.6. The highest BCUT2D eigenvalue weighted by molar-refractivity contribution is 5.89. The van der Waals surface area contributed by atoms with Crippen LogP contribution in [0.5, 0.6) is 0 Å². The lowest BCUT2D eigenvalue weighted by molar-refractivity contribution is 0.405. The van der Waals surface area contributed by atoms with Gasteiger partial charge in [0.2, 0.25) is 0 Å². The minimum Gasteiger partial charge on any atom is -0.354 e. The second kappa shape index (κ2) is 9.17. The first kappa shape index (κ1) is 22.4. The average molecular weight is 476 g/mol. The molecule has 4 aromatic heterocycles. The molecule has 0 spiro atoms. The van der Waals surface area contributed by atoms with Crippen molar-refractivity contribution in [2.45, 2.75) is 32.9 Å². The predicted molar refractivity (Wildman–Crippen MR) is 145 cm³/mol. The molecule has 0 saturated carbocycles. The van der Waals surface area contributed by atoms with Gasteiger partial charge < -0.3 is 15.2 Å². The number of benzene rings is 1. The molecule has 180 valence electrons. The molecule has 0 bridgehead atoms. The van der Waals surface area contributed by atoms with Crippen LogP contribution >= 0.6 is 0 Å². The number of rotatable bonds is 4. The van der Waals surface area contributed by atoms with Gasteiger partial charge in [0.25, 0.3) is 0 Å². The second-order valence-electron chi connectivity index (χ2n) is 9.70. The first-order valence-corrected chi connectivity index (χ1v) is 12.4. The maximum absolute atomic E-state index is 4.79. The van der Waals surface area contributed by atoms with Crippen LogP contribution in [0.3, 0.4) is 0 Å². The summed E-state index contributed by atoms with van der Waals surface area (Å²) in [5.74, 6) is 1.02. The number of hydrogen-bond acceptors (Lipinski definition) is 6. The highest BCUT2D eigenvalue weighted by atomic mass is 15.2. The maximum atomic E-state index is 4.79. The molecule has 5 heterocycles. The summed E-state index contributed by atoms with van der Waals surface area (Å²) in [7, 11) is 0. The zero-order valence-corrected chi connectivity index (χ0v) is 20.7. The van der Waals surface area contributed by atoms with Gasteiger partial charge in [-0.25, -0.2) is 9.97 Å². The molecular formula is C29H29N7. The lowest BCUT2D eigenvalue weighted by Crippen LogP contribution is -2.54. The molecule has 1 fully saturated rings. The Kier molecular flexibility index (Phi) is 5.70. The number of fused-ring (bicyclic) bond motifs is 1. The molecule has 0 aliphatic carbocycles. The summed E-state index contributed by atoms with van der Waals surface area (Å²) in [6.45, 7) is 8.36. The van der Waals surface area contributed by atoms with Gasteiger partial charge in [-0.3, -0.25) is 9.97 Å². The molecular weight excluding hydrogens is 446 g/mol. The number of H-pyrrole nitrogens is 1. The van der Waals surface area contributed by atoms with Gasteiger partial charge in [0.15, 0.2) is 0 Å². The fraction of sp³-hybridized carbons (Fsp3) is 0.241. The Labute approximate surface area is 210 Å². The molecule has 1 aliphatic rings. The van der Waals surface area contributed by atoms with Gasteiger partial charge in [-0.2, -0.15) is 0 Å². The number of aryl methyl sites for hydroxylation is 1. The number of piperazine rings is 1. The van der Waals surface area contributed by atoms with E-state index in [4.69, 9.17) is 9.97 Å². The number of hydrogen-bond donors (Lipinski definition) is 2. The third kappa shape index (κ3) is 4.33. The van der Waals surface area contributed by atoms with Crippen LogP contribution in [0.1, 0.15) is 19.5 Å². The van der Waals surface area contributed by atoms with Crippen molar-refractivity contribution in [2.24, 2.45) is 0 Å². The zero-order chi connectivity index (χ0) is 24.6. The molecule has 36 heavy (non-hydrogen) atoms. The average Bonchev–Trinajstić information content (AvgIpc) is 3.38. The summed E-state index contributed by atoms with van der Waals surface area (Å²) < 4.78 is 0. The van der Waals surface area contributed by atoms with E-state index in [0.717, 1.165) is 69.3 Å². The molecule has 7 nitrogen and oxygen atoms in total. The van der Waals surface area contributed by atoms with Gasteiger partial charge in [-0.05, 0) is 63.2 Å². The van der Waals surface area contributed by atoms with E-state index >= 15 is 0 Å². The maximum Gasteiger partial charge on any atom is 0.128 e. The van der Waals surface area contributed by atoms with Gasteiger partial charge in [-0.1, -0.05) is 12.1 Å². The van der Waals surface area contributed by atoms with Crippen molar-refractivity contribution in [3.8, 4) is 33.8 Å². The van der Waals surface area contributed by atoms with E-state index in [-0.39, 0.29) is 0 Å². The van der Waals surface area contributed by atoms with Crippen molar-refractivity contribution in [1.82, 2.24) is 30.2 Å². The van der Waals surface area contributed by atoms with Crippen molar-refractivity contribution in [1.29, 1.82) is 0 Å². The van der Waals surface area contributed by atoms with Gasteiger partial charge in [0, 0.05) is 65.3 Å². The van der Waals surface area contributed by atoms with Crippen LogP contribution in [-0.4, -0.2) is 50.1 Å². The van der Waals surface area contributed by atoms with Gasteiger partial charge >= 0.3 is 0 Å². The Balaban J connectivity index is 1.31. The van der Waals surface area contributed by atoms with Gasteiger partial charge in [0.05, 0.1) is 28.9 Å². The van der Waals surface area contributed by atoms with Crippen molar-refractivity contribution in [3.63, 3.8) is 0 Å². The molecule has 5 aromatic rings. The third-order valence-electron chi connectivity index (χ3n) is 6.70. The SMILES string of the molecule is Cc1cccc(-c2[nH]cnc2-c2ccc3ncc(-c4ccc(N5C[C@@H](C)N[C@@H](C)C5)nc4)cc3c2)n1. The second-order valence-corrected chi connectivity index (χ2v) is 9.70.